The monoisotopic (exact) mass is 292 g/mol. The van der Waals surface area contributed by atoms with Crippen LogP contribution < -0.4 is 4.72 Å². The number of aliphatic hydroxyl groups excluding tert-OH is 1. The van der Waals surface area contributed by atoms with Crippen LogP contribution in [-0.4, -0.2) is 56.5 Å². The van der Waals surface area contributed by atoms with E-state index in [0.717, 1.165) is 38.3 Å². The van der Waals surface area contributed by atoms with Crippen molar-refractivity contribution >= 4 is 10.0 Å². The fraction of sp³-hybridized carbons (Fsp3) is 1.00. The first-order valence-electron chi connectivity index (χ1n) is 7.30. The molecule has 1 saturated heterocycles. The van der Waals surface area contributed by atoms with Crippen LogP contribution in [0.1, 0.15) is 39.5 Å². The first-order valence-corrected chi connectivity index (χ1v) is 8.96. The molecule has 1 aliphatic rings. The predicted molar refractivity (Wildman–Crippen MR) is 77.5 cm³/mol. The summed E-state index contributed by atoms with van der Waals surface area (Å²) in [7, 11) is -3.22. The average Bonchev–Trinajstić information content (AvgIpc) is 2.37. The zero-order valence-corrected chi connectivity index (χ0v) is 13.0. The molecule has 1 fully saturated rings. The summed E-state index contributed by atoms with van der Waals surface area (Å²) in [6.45, 7) is 6.89. The molecule has 0 aromatic rings. The van der Waals surface area contributed by atoms with Crippen LogP contribution in [0.5, 0.6) is 0 Å². The zero-order valence-electron chi connectivity index (χ0n) is 12.1. The van der Waals surface area contributed by atoms with E-state index < -0.39 is 16.1 Å². The van der Waals surface area contributed by atoms with Crippen molar-refractivity contribution in [3.8, 4) is 0 Å². The van der Waals surface area contributed by atoms with Crippen LogP contribution in [-0.2, 0) is 10.0 Å². The maximum absolute atomic E-state index is 11.6. The van der Waals surface area contributed by atoms with Gasteiger partial charge in [-0.3, -0.25) is 0 Å². The molecule has 0 aromatic heterocycles. The third-order valence-corrected chi connectivity index (χ3v) is 5.08. The number of aliphatic hydroxyl groups is 1. The quantitative estimate of drug-likeness (QED) is 0.694. The van der Waals surface area contributed by atoms with Crippen LogP contribution in [0.15, 0.2) is 0 Å². The van der Waals surface area contributed by atoms with Gasteiger partial charge in [-0.25, -0.2) is 13.1 Å². The first-order chi connectivity index (χ1) is 8.93. The molecule has 0 aliphatic carbocycles. The Bertz CT molecular complexity index is 338. The summed E-state index contributed by atoms with van der Waals surface area (Å²) >= 11 is 0. The number of hydrogen-bond acceptors (Lipinski definition) is 4. The van der Waals surface area contributed by atoms with Crippen molar-refractivity contribution in [3.63, 3.8) is 0 Å². The SMILES string of the molecule is CCCCS(=O)(=O)NC[C@H](O)CN1CCC(C)CC1. The Hall–Kier alpha value is -0.170. The zero-order chi connectivity index (χ0) is 14.3. The van der Waals surface area contributed by atoms with Crippen LogP contribution >= 0.6 is 0 Å². The smallest absolute Gasteiger partial charge is 0.211 e. The number of unbranched alkanes of at least 4 members (excludes halogenated alkanes) is 1. The minimum atomic E-state index is -3.22. The van der Waals surface area contributed by atoms with E-state index in [9.17, 15) is 13.5 Å². The van der Waals surface area contributed by atoms with Gasteiger partial charge in [0.2, 0.25) is 10.0 Å². The number of likely N-dealkylation sites (tertiary alicyclic amines) is 1. The number of sulfonamides is 1. The number of β-amino-alcohol motifs (C(OH)–C–C–N with tert-alkyl or cyclic N) is 1. The van der Waals surface area contributed by atoms with E-state index in [1.807, 2.05) is 6.92 Å². The molecule has 1 atom stereocenters. The molecule has 0 bridgehead atoms. The molecule has 114 valence electrons. The van der Waals surface area contributed by atoms with Gasteiger partial charge < -0.3 is 10.0 Å². The molecule has 0 aromatic carbocycles. The van der Waals surface area contributed by atoms with Gasteiger partial charge in [-0.1, -0.05) is 20.3 Å². The second kappa shape index (κ2) is 8.19. The molecule has 0 spiro atoms. The van der Waals surface area contributed by atoms with Gasteiger partial charge in [-0.15, -0.1) is 0 Å². The maximum Gasteiger partial charge on any atom is 0.211 e. The van der Waals surface area contributed by atoms with Gasteiger partial charge in [0.05, 0.1) is 11.9 Å². The maximum atomic E-state index is 11.6. The molecule has 0 saturated carbocycles. The van der Waals surface area contributed by atoms with Gasteiger partial charge in [0.25, 0.3) is 0 Å². The Balaban J connectivity index is 2.22. The molecule has 0 radical (unpaired) electrons. The lowest BCUT2D eigenvalue weighted by molar-refractivity contribution is 0.0942. The summed E-state index contributed by atoms with van der Waals surface area (Å²) < 4.78 is 25.7. The number of rotatable bonds is 8. The Morgan fingerprint density at radius 1 is 1.37 bits per heavy atom. The second-order valence-corrected chi connectivity index (χ2v) is 7.58. The molecule has 0 amide bonds. The van der Waals surface area contributed by atoms with Crippen molar-refractivity contribution in [3.05, 3.63) is 0 Å². The highest BCUT2D eigenvalue weighted by atomic mass is 32.2. The minimum absolute atomic E-state index is 0.123. The van der Waals surface area contributed by atoms with E-state index in [2.05, 4.69) is 16.5 Å². The third-order valence-electron chi connectivity index (χ3n) is 3.65. The Morgan fingerprint density at radius 2 is 2.00 bits per heavy atom. The summed E-state index contributed by atoms with van der Waals surface area (Å²) in [4.78, 5) is 2.21. The van der Waals surface area contributed by atoms with Crippen molar-refractivity contribution in [1.29, 1.82) is 0 Å². The number of piperidine rings is 1. The highest BCUT2D eigenvalue weighted by Gasteiger charge is 2.19. The summed E-state index contributed by atoms with van der Waals surface area (Å²) in [5.41, 5.74) is 0. The second-order valence-electron chi connectivity index (χ2n) is 5.66. The highest BCUT2D eigenvalue weighted by Crippen LogP contribution is 2.15. The van der Waals surface area contributed by atoms with Gasteiger partial charge >= 0.3 is 0 Å². The number of nitrogens with one attached hydrogen (secondary N) is 1. The fourth-order valence-electron chi connectivity index (χ4n) is 2.24. The minimum Gasteiger partial charge on any atom is -0.390 e. The van der Waals surface area contributed by atoms with E-state index in [4.69, 9.17) is 0 Å². The van der Waals surface area contributed by atoms with Crippen molar-refractivity contribution in [2.24, 2.45) is 5.92 Å². The lowest BCUT2D eigenvalue weighted by Crippen LogP contribution is -2.43. The molecule has 0 unspecified atom stereocenters. The topological polar surface area (TPSA) is 69.6 Å². The van der Waals surface area contributed by atoms with Gasteiger partial charge in [-0.05, 0) is 38.3 Å². The normalized spacial score (nSPS) is 20.6. The lowest BCUT2D eigenvalue weighted by Gasteiger charge is -2.31. The summed E-state index contributed by atoms with van der Waals surface area (Å²) in [5.74, 6) is 0.915. The summed E-state index contributed by atoms with van der Waals surface area (Å²) in [6, 6.07) is 0. The molecule has 19 heavy (non-hydrogen) atoms. The third kappa shape index (κ3) is 7.25. The van der Waals surface area contributed by atoms with E-state index in [1.165, 1.54) is 0 Å². The van der Waals surface area contributed by atoms with Crippen LogP contribution in [0.4, 0.5) is 0 Å². The van der Waals surface area contributed by atoms with E-state index in [1.54, 1.807) is 0 Å². The lowest BCUT2D eigenvalue weighted by atomic mass is 9.99. The number of nitrogens with zero attached hydrogens (tertiary/aromatic N) is 1. The predicted octanol–water partition coefficient (Wildman–Crippen LogP) is 0.799. The van der Waals surface area contributed by atoms with Crippen molar-refractivity contribution < 1.29 is 13.5 Å². The Morgan fingerprint density at radius 3 is 2.58 bits per heavy atom. The Labute approximate surface area is 117 Å². The molecule has 1 rings (SSSR count). The summed E-state index contributed by atoms with van der Waals surface area (Å²) in [6.07, 6.45) is 3.22. The van der Waals surface area contributed by atoms with Gasteiger partial charge in [0, 0.05) is 13.1 Å². The van der Waals surface area contributed by atoms with Crippen molar-refractivity contribution in [1.82, 2.24) is 9.62 Å². The fourth-order valence-corrected chi connectivity index (χ4v) is 3.50. The van der Waals surface area contributed by atoms with Crippen molar-refractivity contribution in [2.45, 2.75) is 45.6 Å². The van der Waals surface area contributed by atoms with Gasteiger partial charge in [0.15, 0.2) is 0 Å². The Kier molecular flexibility index (Phi) is 7.28. The van der Waals surface area contributed by atoms with Crippen molar-refractivity contribution in [2.75, 3.05) is 31.9 Å². The average molecular weight is 292 g/mol. The van der Waals surface area contributed by atoms with E-state index in [0.29, 0.717) is 13.0 Å². The van der Waals surface area contributed by atoms with Crippen LogP contribution in [0.3, 0.4) is 0 Å². The van der Waals surface area contributed by atoms with Crippen LogP contribution in [0.25, 0.3) is 0 Å². The van der Waals surface area contributed by atoms with Gasteiger partial charge in [0.1, 0.15) is 0 Å². The highest BCUT2D eigenvalue weighted by molar-refractivity contribution is 7.89. The summed E-state index contributed by atoms with van der Waals surface area (Å²) in [5, 5.41) is 9.89. The van der Waals surface area contributed by atoms with Crippen LogP contribution in [0, 0.1) is 5.92 Å². The molecule has 2 N–H and O–H groups in total. The molecular formula is C13H28N2O3S. The van der Waals surface area contributed by atoms with Gasteiger partial charge in [-0.2, -0.15) is 0 Å². The number of hydrogen-bond donors (Lipinski definition) is 2. The first kappa shape index (κ1) is 16.9. The molecule has 1 aliphatic heterocycles. The largest absolute Gasteiger partial charge is 0.390 e. The van der Waals surface area contributed by atoms with Crippen LogP contribution in [0.2, 0.25) is 0 Å². The molecule has 5 nitrogen and oxygen atoms in total. The molecular weight excluding hydrogens is 264 g/mol. The standard InChI is InChI=1S/C13H28N2O3S/c1-3-4-9-19(17,18)14-10-13(16)11-15-7-5-12(2)6-8-15/h12-14,16H,3-11H2,1-2H3/t13-/m0/s1. The molecule has 6 heteroatoms. The van der Waals surface area contributed by atoms with E-state index in [-0.39, 0.29) is 12.3 Å². The molecule has 1 heterocycles. The van der Waals surface area contributed by atoms with E-state index >= 15 is 0 Å².